The molecule has 0 aromatic rings. The highest BCUT2D eigenvalue weighted by atomic mass is 35.7. The first-order valence-corrected chi connectivity index (χ1v) is 5.19. The van der Waals surface area contributed by atoms with Gasteiger partial charge < -0.3 is 5.09 Å². The fourth-order valence-electron chi connectivity index (χ4n) is 0.510. The van der Waals surface area contributed by atoms with Crippen LogP contribution in [0.5, 0.6) is 0 Å². The molecule has 7 heteroatoms. The SMILES string of the molecule is C1C[NH2+]PC1.[O-][Cl+3]([O-])([O-])[O-]. The van der Waals surface area contributed by atoms with Crippen LogP contribution in [0.3, 0.4) is 0 Å². The Kier molecular flexibility index (Phi) is 5.48. The van der Waals surface area contributed by atoms with Crippen molar-refractivity contribution >= 4 is 8.73 Å². The quantitative estimate of drug-likeness (QED) is 0.384. The Hall–Kier alpha value is 0.520. The van der Waals surface area contributed by atoms with E-state index >= 15 is 0 Å². The molecule has 2 N–H and O–H groups in total. The second kappa shape index (κ2) is 5.21. The molecule has 1 unspecified atom stereocenters. The van der Waals surface area contributed by atoms with E-state index in [-0.39, 0.29) is 0 Å². The molecule has 0 amide bonds. The molecule has 1 atom stereocenters. The molecule has 0 saturated carbocycles. The zero-order valence-electron chi connectivity index (χ0n) is 5.21. The predicted octanol–water partition coefficient (Wildman–Crippen LogP) is -5.21. The minimum absolute atomic E-state index is 1.18. The van der Waals surface area contributed by atoms with Crippen LogP contribution in [-0.4, -0.2) is 12.7 Å². The van der Waals surface area contributed by atoms with Gasteiger partial charge in [0.25, 0.3) is 0 Å². The summed E-state index contributed by atoms with van der Waals surface area (Å²) in [6.07, 6.45) is 2.93. The molecule has 0 aromatic carbocycles. The molecule has 1 heterocycles. The highest BCUT2D eigenvalue weighted by Crippen LogP contribution is 2.00. The molecule has 0 spiro atoms. The summed E-state index contributed by atoms with van der Waals surface area (Å²) in [5, 5.41) is 2.39. The molecule has 1 aliphatic rings. The standard InChI is InChI=1S/C3H8NP.ClHO4/c1-2-4-5-3-1;2-1(3,4)5/h4-5H,1-3H2;(H,2,3,4,5). The maximum atomic E-state index is 8.49. The Bertz CT molecular complexity index is 69.5. The molecular weight excluding hydrogens is 180 g/mol. The summed E-state index contributed by atoms with van der Waals surface area (Å²) in [4.78, 5) is 0. The van der Waals surface area contributed by atoms with Gasteiger partial charge in [0.05, 0.1) is 15.3 Å². The predicted molar refractivity (Wildman–Crippen MR) is 24.6 cm³/mol. The summed E-state index contributed by atoms with van der Waals surface area (Å²) in [6.45, 7) is 1.39. The van der Waals surface area contributed by atoms with Gasteiger partial charge in [-0.05, 0) is 0 Å². The maximum absolute atomic E-state index is 8.49. The minimum atomic E-state index is -4.94. The summed E-state index contributed by atoms with van der Waals surface area (Å²) in [7, 11) is -3.76. The highest BCUT2D eigenvalue weighted by Gasteiger charge is 1.98. The average Bonchev–Trinajstić information content (AvgIpc) is 2.07. The summed E-state index contributed by atoms with van der Waals surface area (Å²) >= 11 is 0. The van der Waals surface area contributed by atoms with Gasteiger partial charge >= 0.3 is 0 Å². The number of nitrogens with two attached hydrogens (primary N) is 1. The Morgan fingerprint density at radius 3 is 1.80 bits per heavy atom. The van der Waals surface area contributed by atoms with Crippen molar-refractivity contribution in [3.8, 4) is 0 Å². The van der Waals surface area contributed by atoms with Crippen molar-refractivity contribution in [2.75, 3.05) is 12.7 Å². The van der Waals surface area contributed by atoms with Crippen LogP contribution >= 0.6 is 8.73 Å². The average molecular weight is 190 g/mol. The lowest BCUT2D eigenvalue weighted by Crippen LogP contribution is -2.70. The number of halogens is 1. The van der Waals surface area contributed by atoms with Crippen LogP contribution in [-0.2, 0) is 0 Å². The fourth-order valence-corrected chi connectivity index (χ4v) is 1.53. The molecule has 10 heavy (non-hydrogen) atoms. The van der Waals surface area contributed by atoms with Gasteiger partial charge in [0.15, 0.2) is 0 Å². The Balaban J connectivity index is 0.000000162. The van der Waals surface area contributed by atoms with Gasteiger partial charge in [-0.15, -0.1) is 10.2 Å². The van der Waals surface area contributed by atoms with Crippen LogP contribution in [0.2, 0.25) is 0 Å². The number of hydrogen-bond donors (Lipinski definition) is 1. The van der Waals surface area contributed by atoms with Crippen LogP contribution in [0.15, 0.2) is 0 Å². The summed E-state index contributed by atoms with van der Waals surface area (Å²) in [5.41, 5.74) is 0. The van der Waals surface area contributed by atoms with E-state index in [0.29, 0.717) is 0 Å². The van der Waals surface area contributed by atoms with Crippen LogP contribution in [0.4, 0.5) is 0 Å². The van der Waals surface area contributed by atoms with Crippen molar-refractivity contribution < 1.29 is 34.0 Å². The molecule has 1 saturated heterocycles. The molecular formula is C3H9ClNO4P. The largest absolute Gasteiger partial charge is 0.335 e. The van der Waals surface area contributed by atoms with Gasteiger partial charge in [0.2, 0.25) is 0 Å². The normalized spacial score (nSPS) is 20.4. The lowest BCUT2D eigenvalue weighted by Gasteiger charge is -2.17. The van der Waals surface area contributed by atoms with Gasteiger partial charge in [-0.1, -0.05) is 0 Å². The van der Waals surface area contributed by atoms with E-state index in [2.05, 4.69) is 5.09 Å². The topological polar surface area (TPSA) is 109 Å². The van der Waals surface area contributed by atoms with E-state index in [1.807, 2.05) is 0 Å². The minimum Gasteiger partial charge on any atom is -0.335 e. The fraction of sp³-hybridized carbons (Fsp3) is 1.00. The molecule has 1 aliphatic heterocycles. The lowest BCUT2D eigenvalue weighted by molar-refractivity contribution is -2.00. The van der Waals surface area contributed by atoms with Crippen molar-refractivity contribution in [3.05, 3.63) is 0 Å². The zero-order valence-corrected chi connectivity index (χ0v) is 6.97. The third-order valence-corrected chi connectivity index (χ3v) is 2.03. The van der Waals surface area contributed by atoms with Crippen molar-refractivity contribution in [1.29, 1.82) is 0 Å². The third-order valence-electron chi connectivity index (χ3n) is 0.814. The summed E-state index contributed by atoms with van der Waals surface area (Å²) < 4.78 is 34.0. The van der Waals surface area contributed by atoms with E-state index in [1.165, 1.54) is 27.9 Å². The van der Waals surface area contributed by atoms with Gasteiger partial charge in [0.1, 0.15) is 0 Å². The monoisotopic (exact) mass is 189 g/mol. The first-order valence-electron chi connectivity index (χ1n) is 2.67. The van der Waals surface area contributed by atoms with Crippen molar-refractivity contribution in [1.82, 2.24) is 0 Å². The summed E-state index contributed by atoms with van der Waals surface area (Å²) in [5.74, 6) is 0. The van der Waals surface area contributed by atoms with Crippen LogP contribution in [0, 0.1) is 10.2 Å². The molecule has 1 fully saturated rings. The Labute approximate surface area is 62.6 Å². The van der Waals surface area contributed by atoms with Gasteiger partial charge in [0, 0.05) is 12.6 Å². The smallest absolute Gasteiger partial charge is 0.0861 e. The number of quaternary nitrogens is 1. The van der Waals surface area contributed by atoms with Gasteiger partial charge in [-0.2, -0.15) is 0 Å². The van der Waals surface area contributed by atoms with E-state index in [0.717, 1.165) is 0 Å². The van der Waals surface area contributed by atoms with Gasteiger partial charge in [-0.25, -0.2) is 18.6 Å². The molecule has 0 aliphatic carbocycles. The number of rotatable bonds is 0. The first-order chi connectivity index (χ1) is 4.50. The first kappa shape index (κ1) is 10.5. The Morgan fingerprint density at radius 1 is 1.20 bits per heavy atom. The van der Waals surface area contributed by atoms with Crippen molar-refractivity contribution in [2.24, 2.45) is 0 Å². The molecule has 1 rings (SSSR count). The molecule has 62 valence electrons. The van der Waals surface area contributed by atoms with E-state index in [1.54, 1.807) is 0 Å². The molecule has 0 aromatic heterocycles. The van der Waals surface area contributed by atoms with Gasteiger partial charge in [-0.3, -0.25) is 0 Å². The van der Waals surface area contributed by atoms with E-state index in [9.17, 15) is 0 Å². The second-order valence-electron chi connectivity index (χ2n) is 1.68. The maximum Gasteiger partial charge on any atom is 0.0861 e. The molecule has 0 radical (unpaired) electrons. The second-order valence-corrected chi connectivity index (χ2v) is 3.75. The van der Waals surface area contributed by atoms with E-state index < -0.39 is 10.2 Å². The molecule has 0 bridgehead atoms. The lowest BCUT2D eigenvalue weighted by atomic mass is 10.5. The summed E-state index contributed by atoms with van der Waals surface area (Å²) in [6, 6.07) is 0. The third kappa shape index (κ3) is 15.8. The van der Waals surface area contributed by atoms with Crippen LogP contribution in [0.1, 0.15) is 6.42 Å². The zero-order chi connectivity index (χ0) is 8.04. The molecule has 5 nitrogen and oxygen atoms in total. The number of hydrogen-bond acceptors (Lipinski definition) is 4. The van der Waals surface area contributed by atoms with Crippen LogP contribution < -0.4 is 23.7 Å². The Morgan fingerprint density at radius 2 is 1.70 bits per heavy atom. The van der Waals surface area contributed by atoms with Crippen molar-refractivity contribution in [2.45, 2.75) is 6.42 Å². The highest BCUT2D eigenvalue weighted by molar-refractivity contribution is 7.30. The van der Waals surface area contributed by atoms with Crippen LogP contribution in [0.25, 0.3) is 0 Å². The van der Waals surface area contributed by atoms with E-state index in [4.69, 9.17) is 18.6 Å². The van der Waals surface area contributed by atoms with Crippen molar-refractivity contribution in [3.63, 3.8) is 0 Å².